The summed E-state index contributed by atoms with van der Waals surface area (Å²) in [5, 5.41) is 0. The topological polar surface area (TPSA) is 37.4 Å². The molecule has 1 unspecified atom stereocenters. The minimum atomic E-state index is -0.358. The number of piperidine rings is 1. The second-order valence-corrected chi connectivity index (χ2v) is 4.38. The van der Waals surface area contributed by atoms with Crippen molar-refractivity contribution in [2.45, 2.75) is 13.3 Å². The molecule has 0 aromatic heterocycles. The SMILES string of the molecule is CC1CN(C(=O)c2ccc(F)cc2)CCC1=O. The van der Waals surface area contributed by atoms with Gasteiger partial charge in [-0.15, -0.1) is 0 Å². The van der Waals surface area contributed by atoms with E-state index in [1.165, 1.54) is 24.3 Å². The summed E-state index contributed by atoms with van der Waals surface area (Å²) in [6.45, 7) is 2.74. The van der Waals surface area contributed by atoms with Gasteiger partial charge in [-0.2, -0.15) is 0 Å². The number of hydrogen-bond donors (Lipinski definition) is 0. The molecule has 1 aromatic carbocycles. The Labute approximate surface area is 99.2 Å². The first-order chi connectivity index (χ1) is 8.08. The molecular formula is C13H14FNO2. The van der Waals surface area contributed by atoms with E-state index in [0.29, 0.717) is 25.1 Å². The maximum atomic E-state index is 12.7. The number of carbonyl (C=O) groups is 2. The number of Topliss-reactive ketones (excluding diaryl/α,β-unsaturated/α-hetero) is 1. The lowest BCUT2D eigenvalue weighted by Crippen LogP contribution is -2.43. The van der Waals surface area contributed by atoms with Crippen LogP contribution in [0.4, 0.5) is 4.39 Å². The number of carbonyl (C=O) groups excluding carboxylic acids is 2. The summed E-state index contributed by atoms with van der Waals surface area (Å²) in [7, 11) is 0. The molecule has 0 radical (unpaired) electrons. The molecule has 1 amide bonds. The molecule has 1 aliphatic heterocycles. The van der Waals surface area contributed by atoms with Crippen molar-refractivity contribution >= 4 is 11.7 Å². The van der Waals surface area contributed by atoms with Gasteiger partial charge in [0.25, 0.3) is 5.91 Å². The molecule has 1 fully saturated rings. The molecule has 17 heavy (non-hydrogen) atoms. The molecule has 90 valence electrons. The summed E-state index contributed by atoms with van der Waals surface area (Å²) < 4.78 is 12.7. The van der Waals surface area contributed by atoms with Crippen LogP contribution in [-0.4, -0.2) is 29.7 Å². The fourth-order valence-electron chi connectivity index (χ4n) is 1.97. The van der Waals surface area contributed by atoms with Crippen LogP contribution in [-0.2, 0) is 4.79 Å². The molecule has 1 atom stereocenters. The Balaban J connectivity index is 2.10. The molecule has 0 saturated carbocycles. The average Bonchev–Trinajstić information content (AvgIpc) is 2.33. The van der Waals surface area contributed by atoms with Crippen LogP contribution >= 0.6 is 0 Å². The zero-order valence-corrected chi connectivity index (χ0v) is 9.65. The van der Waals surface area contributed by atoms with Crippen LogP contribution in [0, 0.1) is 11.7 Å². The Kier molecular flexibility index (Phi) is 3.22. The van der Waals surface area contributed by atoms with E-state index in [0.717, 1.165) is 0 Å². The maximum Gasteiger partial charge on any atom is 0.253 e. The van der Waals surface area contributed by atoms with Crippen molar-refractivity contribution in [1.29, 1.82) is 0 Å². The number of rotatable bonds is 1. The quantitative estimate of drug-likeness (QED) is 0.745. The second kappa shape index (κ2) is 4.65. The molecule has 1 aromatic rings. The van der Waals surface area contributed by atoms with Crippen LogP contribution in [0.15, 0.2) is 24.3 Å². The predicted molar refractivity (Wildman–Crippen MR) is 61.1 cm³/mol. The van der Waals surface area contributed by atoms with Crippen molar-refractivity contribution in [3.8, 4) is 0 Å². The van der Waals surface area contributed by atoms with Crippen molar-refractivity contribution in [3.05, 3.63) is 35.6 Å². The van der Waals surface area contributed by atoms with E-state index in [9.17, 15) is 14.0 Å². The zero-order valence-electron chi connectivity index (χ0n) is 9.65. The Morgan fingerprint density at radius 2 is 2.00 bits per heavy atom. The normalized spacial score (nSPS) is 20.5. The Morgan fingerprint density at radius 1 is 1.35 bits per heavy atom. The van der Waals surface area contributed by atoms with Gasteiger partial charge in [0.05, 0.1) is 0 Å². The first kappa shape index (κ1) is 11.8. The highest BCUT2D eigenvalue weighted by molar-refractivity contribution is 5.95. The van der Waals surface area contributed by atoms with E-state index in [1.54, 1.807) is 4.90 Å². The Hall–Kier alpha value is -1.71. The third-order valence-electron chi connectivity index (χ3n) is 3.05. The molecule has 1 heterocycles. The van der Waals surface area contributed by atoms with E-state index >= 15 is 0 Å². The van der Waals surface area contributed by atoms with Crippen LogP contribution in [0.1, 0.15) is 23.7 Å². The van der Waals surface area contributed by atoms with Crippen LogP contribution in [0.3, 0.4) is 0 Å². The fourth-order valence-corrected chi connectivity index (χ4v) is 1.97. The van der Waals surface area contributed by atoms with E-state index in [-0.39, 0.29) is 23.4 Å². The molecule has 4 heteroatoms. The zero-order chi connectivity index (χ0) is 12.4. The van der Waals surface area contributed by atoms with E-state index in [1.807, 2.05) is 6.92 Å². The standard InChI is InChI=1S/C13H14FNO2/c1-9-8-15(7-6-12(9)16)13(17)10-2-4-11(14)5-3-10/h2-5,9H,6-8H2,1H3. The second-order valence-electron chi connectivity index (χ2n) is 4.38. The smallest absolute Gasteiger partial charge is 0.253 e. The summed E-state index contributed by atoms with van der Waals surface area (Å²) in [4.78, 5) is 25.1. The van der Waals surface area contributed by atoms with Gasteiger partial charge in [-0.05, 0) is 24.3 Å². The first-order valence-electron chi connectivity index (χ1n) is 5.65. The van der Waals surface area contributed by atoms with Crippen LogP contribution in [0.25, 0.3) is 0 Å². The van der Waals surface area contributed by atoms with Crippen LogP contribution in [0.5, 0.6) is 0 Å². The molecule has 0 spiro atoms. The maximum absolute atomic E-state index is 12.7. The summed E-state index contributed by atoms with van der Waals surface area (Å²) in [6, 6.07) is 5.48. The Bertz CT molecular complexity index is 441. The van der Waals surface area contributed by atoms with Gasteiger partial charge in [-0.1, -0.05) is 6.92 Å². The molecular weight excluding hydrogens is 221 g/mol. The molecule has 1 saturated heterocycles. The summed E-state index contributed by atoms with van der Waals surface area (Å²) in [6.07, 6.45) is 0.411. The lowest BCUT2D eigenvalue weighted by molar-refractivity contribution is -0.124. The van der Waals surface area contributed by atoms with Gasteiger partial charge in [0.2, 0.25) is 0 Å². The molecule has 0 aliphatic carbocycles. The molecule has 3 nitrogen and oxygen atoms in total. The lowest BCUT2D eigenvalue weighted by Gasteiger charge is -2.30. The number of hydrogen-bond acceptors (Lipinski definition) is 2. The number of likely N-dealkylation sites (tertiary alicyclic amines) is 1. The average molecular weight is 235 g/mol. The molecule has 2 rings (SSSR count). The highest BCUT2D eigenvalue weighted by atomic mass is 19.1. The largest absolute Gasteiger partial charge is 0.337 e. The molecule has 0 N–H and O–H groups in total. The number of nitrogens with zero attached hydrogens (tertiary/aromatic N) is 1. The highest BCUT2D eigenvalue weighted by Gasteiger charge is 2.27. The first-order valence-corrected chi connectivity index (χ1v) is 5.65. The predicted octanol–water partition coefficient (Wildman–Crippen LogP) is 1.88. The third-order valence-corrected chi connectivity index (χ3v) is 3.05. The molecule has 0 bridgehead atoms. The summed E-state index contributed by atoms with van der Waals surface area (Å²) >= 11 is 0. The third kappa shape index (κ3) is 2.52. The lowest BCUT2D eigenvalue weighted by atomic mass is 9.98. The van der Waals surface area contributed by atoms with Gasteiger partial charge in [-0.3, -0.25) is 9.59 Å². The Morgan fingerprint density at radius 3 is 2.59 bits per heavy atom. The van der Waals surface area contributed by atoms with Crippen molar-refractivity contribution < 1.29 is 14.0 Å². The van der Waals surface area contributed by atoms with Gasteiger partial charge in [0.15, 0.2) is 0 Å². The van der Waals surface area contributed by atoms with E-state index in [4.69, 9.17) is 0 Å². The monoisotopic (exact) mass is 235 g/mol. The van der Waals surface area contributed by atoms with E-state index in [2.05, 4.69) is 0 Å². The van der Waals surface area contributed by atoms with Gasteiger partial charge in [0, 0.05) is 31.0 Å². The van der Waals surface area contributed by atoms with Crippen LogP contribution < -0.4 is 0 Å². The summed E-state index contributed by atoms with van der Waals surface area (Å²) in [5.41, 5.74) is 0.466. The molecule has 1 aliphatic rings. The van der Waals surface area contributed by atoms with E-state index < -0.39 is 0 Å². The van der Waals surface area contributed by atoms with Crippen molar-refractivity contribution in [2.75, 3.05) is 13.1 Å². The minimum Gasteiger partial charge on any atom is -0.337 e. The van der Waals surface area contributed by atoms with Gasteiger partial charge in [0.1, 0.15) is 11.6 Å². The van der Waals surface area contributed by atoms with Gasteiger partial charge in [-0.25, -0.2) is 4.39 Å². The number of amides is 1. The van der Waals surface area contributed by atoms with Crippen molar-refractivity contribution in [3.63, 3.8) is 0 Å². The minimum absolute atomic E-state index is 0.104. The highest BCUT2D eigenvalue weighted by Crippen LogP contribution is 2.15. The summed E-state index contributed by atoms with van der Waals surface area (Å²) in [5.74, 6) is -0.394. The number of benzene rings is 1. The van der Waals surface area contributed by atoms with Gasteiger partial charge >= 0.3 is 0 Å². The fraction of sp³-hybridized carbons (Fsp3) is 0.385. The van der Waals surface area contributed by atoms with Crippen molar-refractivity contribution in [1.82, 2.24) is 4.90 Å². The number of halogens is 1. The van der Waals surface area contributed by atoms with Crippen LogP contribution in [0.2, 0.25) is 0 Å². The van der Waals surface area contributed by atoms with Crippen molar-refractivity contribution in [2.24, 2.45) is 5.92 Å². The van der Waals surface area contributed by atoms with Gasteiger partial charge < -0.3 is 4.90 Å². The number of ketones is 1.